The van der Waals surface area contributed by atoms with Crippen molar-refractivity contribution in [1.29, 1.82) is 0 Å². The summed E-state index contributed by atoms with van der Waals surface area (Å²) in [5.41, 5.74) is 11.4. The molecule has 0 aromatic heterocycles. The van der Waals surface area contributed by atoms with E-state index in [0.29, 0.717) is 11.4 Å². The molecule has 6 N–H and O–H groups in total. The van der Waals surface area contributed by atoms with Crippen molar-refractivity contribution in [3.05, 3.63) is 48.5 Å². The minimum absolute atomic E-state index is 0. The molecular formula is C12H14N2O7S2Tl2. The minimum atomic E-state index is -4.33. The molecular weight excluding hydrogens is 757 g/mol. The summed E-state index contributed by atoms with van der Waals surface area (Å²) >= 11 is 0. The van der Waals surface area contributed by atoms with Gasteiger partial charge in [0.1, 0.15) is 20.2 Å². The van der Waals surface area contributed by atoms with Crippen LogP contribution >= 0.6 is 0 Å². The Balaban J connectivity index is -0.000000346. The van der Waals surface area contributed by atoms with E-state index in [1.165, 1.54) is 48.5 Å². The third-order valence-electron chi connectivity index (χ3n) is 2.34. The van der Waals surface area contributed by atoms with Crippen LogP contribution in [0.2, 0.25) is 0 Å². The zero-order valence-corrected chi connectivity index (χ0v) is 23.3. The predicted molar refractivity (Wildman–Crippen MR) is 92.8 cm³/mol. The number of anilines is 2. The smallest absolute Gasteiger partial charge is 0.744 e. The van der Waals surface area contributed by atoms with Crippen molar-refractivity contribution < 1.29 is 31.4 Å². The van der Waals surface area contributed by atoms with Gasteiger partial charge in [-0.1, -0.05) is 0 Å². The quantitative estimate of drug-likeness (QED) is 0.215. The van der Waals surface area contributed by atoms with Crippen LogP contribution in [0.15, 0.2) is 58.3 Å². The van der Waals surface area contributed by atoms with Gasteiger partial charge in [-0.25, -0.2) is 16.8 Å². The van der Waals surface area contributed by atoms with Gasteiger partial charge in [-0.2, -0.15) is 0 Å². The predicted octanol–water partition coefficient (Wildman–Crippen LogP) is -1.24. The fraction of sp³-hybridized carbons (Fsp3) is 0. The minimum Gasteiger partial charge on any atom is -0.744 e. The Morgan fingerprint density at radius 2 is 0.800 bits per heavy atom. The fourth-order valence-electron chi connectivity index (χ4n) is 1.27. The molecule has 0 aliphatic heterocycles. The third-order valence-corrected chi connectivity index (χ3v) is 4.04. The van der Waals surface area contributed by atoms with E-state index in [4.69, 9.17) is 11.5 Å². The Morgan fingerprint density at radius 3 is 0.960 bits per heavy atom. The molecule has 0 amide bonds. The average Bonchev–Trinajstić information content (AvgIpc) is 2.38. The molecule has 0 radical (unpaired) electrons. The van der Waals surface area contributed by atoms with Crippen LogP contribution in [0.5, 0.6) is 0 Å². The summed E-state index contributed by atoms with van der Waals surface area (Å²) in [7, 11) is -8.65. The zero-order valence-electron chi connectivity index (χ0n) is 12.7. The van der Waals surface area contributed by atoms with Crippen LogP contribution in [0.1, 0.15) is 0 Å². The van der Waals surface area contributed by atoms with Gasteiger partial charge < -0.3 is 26.0 Å². The zero-order chi connectivity index (χ0) is 17.0. The van der Waals surface area contributed by atoms with Crippen molar-refractivity contribution in [3.63, 3.8) is 0 Å². The van der Waals surface area contributed by atoms with Crippen molar-refractivity contribution >= 4 is 86.2 Å². The van der Waals surface area contributed by atoms with E-state index >= 15 is 0 Å². The summed E-state index contributed by atoms with van der Waals surface area (Å²) in [6.45, 7) is 0. The van der Waals surface area contributed by atoms with Crippen LogP contribution in [-0.2, 0) is 20.2 Å². The fourth-order valence-corrected chi connectivity index (χ4v) is 2.21. The molecule has 2 rings (SSSR count). The van der Waals surface area contributed by atoms with Gasteiger partial charge in [-0.15, -0.1) is 0 Å². The maximum atomic E-state index is 10.3. The summed E-state index contributed by atoms with van der Waals surface area (Å²) in [4.78, 5) is -0.515. The van der Waals surface area contributed by atoms with Crippen LogP contribution in [0, 0.1) is 0 Å². The van der Waals surface area contributed by atoms with Crippen LogP contribution < -0.4 is 11.5 Å². The second kappa shape index (κ2) is 12.1. The van der Waals surface area contributed by atoms with Gasteiger partial charge in [0.05, 0.1) is 9.79 Å². The summed E-state index contributed by atoms with van der Waals surface area (Å²) in [5.74, 6) is 0. The number of nitrogen functional groups attached to an aromatic ring is 2. The summed E-state index contributed by atoms with van der Waals surface area (Å²) in [5, 5.41) is 0. The Hall–Kier alpha value is -0.336. The second-order valence-electron chi connectivity index (χ2n) is 4.05. The van der Waals surface area contributed by atoms with E-state index < -0.39 is 20.2 Å². The molecule has 2 aromatic rings. The van der Waals surface area contributed by atoms with Crippen molar-refractivity contribution in [2.45, 2.75) is 9.79 Å². The van der Waals surface area contributed by atoms with Gasteiger partial charge in [-0.05, 0) is 48.5 Å². The van der Waals surface area contributed by atoms with Gasteiger partial charge in [0.2, 0.25) is 0 Å². The van der Waals surface area contributed by atoms with Crippen molar-refractivity contribution in [1.82, 2.24) is 0 Å². The van der Waals surface area contributed by atoms with E-state index in [1.54, 1.807) is 0 Å². The first-order chi connectivity index (χ1) is 10.00. The van der Waals surface area contributed by atoms with Gasteiger partial charge in [0.15, 0.2) is 0 Å². The molecule has 0 heterocycles. The first-order valence-corrected chi connectivity index (χ1v) is 8.44. The molecule has 0 unspecified atom stereocenters. The van der Waals surface area contributed by atoms with Crippen molar-refractivity contribution in [2.75, 3.05) is 11.5 Å². The summed E-state index contributed by atoms with van der Waals surface area (Å²) in [6.07, 6.45) is 0. The molecule has 0 spiro atoms. The van der Waals surface area contributed by atoms with E-state index in [9.17, 15) is 25.9 Å². The number of rotatable bonds is 2. The monoisotopic (exact) mass is 772 g/mol. The molecule has 0 bridgehead atoms. The number of hydrogen-bond donors (Lipinski definition) is 2. The van der Waals surface area contributed by atoms with E-state index in [2.05, 4.69) is 0 Å². The molecule has 9 nitrogen and oxygen atoms in total. The molecule has 0 saturated carbocycles. The summed E-state index contributed by atoms with van der Waals surface area (Å²) in [6, 6.07) is 10.2. The Labute approximate surface area is 185 Å². The Morgan fingerprint density at radius 1 is 0.600 bits per heavy atom. The second-order valence-corrected chi connectivity index (χ2v) is 6.81. The number of nitrogens with two attached hydrogens (primary N) is 2. The van der Waals surface area contributed by atoms with Crippen LogP contribution in [0.25, 0.3) is 0 Å². The van der Waals surface area contributed by atoms with Crippen molar-refractivity contribution in [2.24, 2.45) is 0 Å². The molecule has 13 heteroatoms. The van der Waals surface area contributed by atoms with E-state index in [1.807, 2.05) is 0 Å². The number of hydrogen-bond acceptors (Lipinski definition) is 8. The largest absolute Gasteiger partial charge is 1.00 e. The first-order valence-electron chi connectivity index (χ1n) is 5.63. The Kier molecular flexibility index (Phi) is 14.3. The third kappa shape index (κ3) is 11.1. The van der Waals surface area contributed by atoms with Crippen LogP contribution in [-0.4, -0.2) is 86.0 Å². The molecule has 132 valence electrons. The van der Waals surface area contributed by atoms with Gasteiger partial charge in [-0.3, -0.25) is 0 Å². The molecule has 0 aliphatic rings. The first kappa shape index (κ1) is 29.4. The Bertz CT molecular complexity index is 767. The molecule has 0 saturated heterocycles. The van der Waals surface area contributed by atoms with E-state index in [-0.39, 0.29) is 69.9 Å². The van der Waals surface area contributed by atoms with Crippen LogP contribution in [0.4, 0.5) is 11.4 Å². The molecule has 0 fully saturated rings. The number of benzene rings is 2. The maximum Gasteiger partial charge on any atom is 1.00 e. The standard InChI is InChI=1S/2C6H7NO3S.H2O.2Tl/c2*7-5-1-3-6(4-2-5)11(8,9)10;;;/h2*1-4H,7H2,(H,8,9,10);1H2;;/q;;;2*+1/p-2. The molecule has 2 aromatic carbocycles. The normalized spacial score (nSPS) is 10.0. The maximum absolute atomic E-state index is 10.3. The van der Waals surface area contributed by atoms with Gasteiger partial charge >= 0.3 is 54.6 Å². The molecule has 25 heavy (non-hydrogen) atoms. The van der Waals surface area contributed by atoms with Gasteiger partial charge in [0, 0.05) is 11.4 Å². The topological polar surface area (TPSA) is 198 Å². The molecule has 0 atom stereocenters. The van der Waals surface area contributed by atoms with E-state index in [0.717, 1.165) is 0 Å². The SMILES string of the molecule is Nc1ccc(S(=O)(=O)[O-])cc1.Nc1ccc(S(=O)(=O)[O-])cc1.O.[Tl+].[Tl+]. The van der Waals surface area contributed by atoms with Crippen LogP contribution in [0.3, 0.4) is 0 Å². The molecule has 0 aliphatic carbocycles. The average molecular weight is 771 g/mol. The van der Waals surface area contributed by atoms with Gasteiger partial charge in [0.25, 0.3) is 0 Å². The van der Waals surface area contributed by atoms with Crippen molar-refractivity contribution in [3.8, 4) is 0 Å². The summed E-state index contributed by atoms with van der Waals surface area (Å²) < 4.78 is 62.1.